The number of anilines is 2. The van der Waals surface area contributed by atoms with Crippen LogP contribution in [0.3, 0.4) is 0 Å². The fourth-order valence-electron chi connectivity index (χ4n) is 5.86. The van der Waals surface area contributed by atoms with Gasteiger partial charge < -0.3 is 20.0 Å². The van der Waals surface area contributed by atoms with Crippen molar-refractivity contribution in [1.82, 2.24) is 9.80 Å². The van der Waals surface area contributed by atoms with E-state index >= 15 is 0 Å². The Hall–Kier alpha value is -3.35. The minimum atomic E-state index is -0.724. The van der Waals surface area contributed by atoms with Crippen molar-refractivity contribution in [2.24, 2.45) is 5.92 Å². The van der Waals surface area contributed by atoms with Crippen LogP contribution in [0.4, 0.5) is 11.4 Å². The van der Waals surface area contributed by atoms with Crippen molar-refractivity contribution in [3.63, 3.8) is 0 Å². The third kappa shape index (κ3) is 4.64. The molecule has 0 aromatic heterocycles. The first-order chi connectivity index (χ1) is 17.0. The van der Waals surface area contributed by atoms with Gasteiger partial charge in [-0.2, -0.15) is 0 Å². The zero-order valence-electron chi connectivity index (χ0n) is 20.4. The van der Waals surface area contributed by atoms with E-state index in [0.29, 0.717) is 32.6 Å². The van der Waals surface area contributed by atoms with Crippen molar-refractivity contribution in [1.29, 1.82) is 0 Å². The van der Waals surface area contributed by atoms with E-state index < -0.39 is 5.54 Å². The number of rotatable bonds is 5. The lowest BCUT2D eigenvalue weighted by molar-refractivity contribution is -0.141. The van der Waals surface area contributed by atoms with Gasteiger partial charge in [0.2, 0.25) is 11.8 Å². The van der Waals surface area contributed by atoms with E-state index in [1.165, 1.54) is 0 Å². The summed E-state index contributed by atoms with van der Waals surface area (Å²) in [7, 11) is 0. The lowest BCUT2D eigenvalue weighted by Crippen LogP contribution is -2.58. The maximum Gasteiger partial charge on any atom is 0.250 e. The van der Waals surface area contributed by atoms with E-state index in [1.807, 2.05) is 66.4 Å². The van der Waals surface area contributed by atoms with Crippen molar-refractivity contribution in [2.75, 3.05) is 36.5 Å². The molecule has 5 rings (SSSR count). The van der Waals surface area contributed by atoms with E-state index in [9.17, 15) is 14.4 Å². The van der Waals surface area contributed by atoms with Crippen molar-refractivity contribution in [3.8, 4) is 0 Å². The molecule has 2 aromatic carbocycles. The summed E-state index contributed by atoms with van der Waals surface area (Å²) in [5, 5.41) is 2.91. The van der Waals surface area contributed by atoms with Crippen LogP contribution in [0.2, 0.25) is 0 Å². The Morgan fingerprint density at radius 1 is 0.971 bits per heavy atom. The highest BCUT2D eigenvalue weighted by atomic mass is 16.2. The summed E-state index contributed by atoms with van der Waals surface area (Å²) in [6, 6.07) is 17.6. The van der Waals surface area contributed by atoms with Crippen LogP contribution in [0.25, 0.3) is 0 Å². The highest BCUT2D eigenvalue weighted by molar-refractivity contribution is 5.99. The van der Waals surface area contributed by atoms with Crippen LogP contribution in [-0.2, 0) is 14.4 Å². The fraction of sp³-hybridized carbons (Fsp3) is 0.464. The van der Waals surface area contributed by atoms with E-state index in [-0.39, 0.29) is 30.2 Å². The number of carbonyl (C=O) groups is 3. The van der Waals surface area contributed by atoms with Gasteiger partial charge in [-0.05, 0) is 56.9 Å². The first-order valence-electron chi connectivity index (χ1n) is 12.7. The quantitative estimate of drug-likeness (QED) is 0.716. The zero-order valence-corrected chi connectivity index (χ0v) is 20.4. The zero-order chi connectivity index (χ0) is 24.4. The number of likely N-dealkylation sites (tertiary alicyclic amines) is 1. The van der Waals surface area contributed by atoms with Gasteiger partial charge in [0.15, 0.2) is 0 Å². The molecule has 3 aliphatic rings. The van der Waals surface area contributed by atoms with Crippen LogP contribution in [0.5, 0.6) is 0 Å². The van der Waals surface area contributed by atoms with Crippen LogP contribution < -0.4 is 10.2 Å². The number of piperidine rings is 1. The molecule has 2 heterocycles. The van der Waals surface area contributed by atoms with E-state index in [1.54, 1.807) is 4.90 Å². The molecule has 2 aromatic rings. The monoisotopic (exact) mass is 474 g/mol. The smallest absolute Gasteiger partial charge is 0.250 e. The normalized spacial score (nSPS) is 20.0. The highest BCUT2D eigenvalue weighted by Gasteiger charge is 2.54. The van der Waals surface area contributed by atoms with Gasteiger partial charge in [0.05, 0.1) is 6.67 Å². The molecular weight excluding hydrogens is 440 g/mol. The number of amides is 3. The Kier molecular flexibility index (Phi) is 6.50. The number of nitrogens with one attached hydrogen (secondary N) is 1. The summed E-state index contributed by atoms with van der Waals surface area (Å²) < 4.78 is 0. The Bertz CT molecular complexity index is 1070. The fourth-order valence-corrected chi connectivity index (χ4v) is 5.86. The van der Waals surface area contributed by atoms with Gasteiger partial charge in [0, 0.05) is 30.4 Å². The largest absolute Gasteiger partial charge is 0.342 e. The molecule has 2 aliphatic heterocycles. The van der Waals surface area contributed by atoms with Gasteiger partial charge >= 0.3 is 0 Å². The topological polar surface area (TPSA) is 73.0 Å². The number of hydrogen-bond acceptors (Lipinski definition) is 4. The third-order valence-corrected chi connectivity index (χ3v) is 7.86. The Morgan fingerprint density at radius 2 is 1.63 bits per heavy atom. The van der Waals surface area contributed by atoms with Crippen LogP contribution in [0, 0.1) is 12.8 Å². The molecule has 0 unspecified atom stereocenters. The molecule has 1 aliphatic carbocycles. The van der Waals surface area contributed by atoms with Gasteiger partial charge in [-0.3, -0.25) is 14.4 Å². The molecule has 1 N–H and O–H groups in total. The van der Waals surface area contributed by atoms with E-state index in [4.69, 9.17) is 0 Å². The van der Waals surface area contributed by atoms with Crippen molar-refractivity contribution >= 4 is 29.1 Å². The number of aryl methyl sites for hydroxylation is 1. The average Bonchev–Trinajstić information content (AvgIpc) is 3.50. The molecule has 7 heteroatoms. The van der Waals surface area contributed by atoms with Gasteiger partial charge in [-0.15, -0.1) is 0 Å². The molecule has 0 radical (unpaired) electrons. The second-order valence-corrected chi connectivity index (χ2v) is 10.2. The second kappa shape index (κ2) is 9.72. The van der Waals surface area contributed by atoms with Gasteiger partial charge in [-0.1, -0.05) is 48.7 Å². The predicted molar refractivity (Wildman–Crippen MR) is 136 cm³/mol. The Labute approximate surface area is 207 Å². The van der Waals surface area contributed by atoms with Gasteiger partial charge in [0.25, 0.3) is 5.91 Å². The summed E-state index contributed by atoms with van der Waals surface area (Å²) in [5.41, 5.74) is 2.09. The molecule has 2 saturated heterocycles. The maximum absolute atomic E-state index is 13.8. The number of nitrogens with zero attached hydrogens (tertiary/aromatic N) is 3. The van der Waals surface area contributed by atoms with E-state index in [2.05, 4.69) is 10.2 Å². The van der Waals surface area contributed by atoms with Crippen LogP contribution >= 0.6 is 0 Å². The molecule has 1 saturated carbocycles. The Morgan fingerprint density at radius 3 is 2.29 bits per heavy atom. The predicted octanol–water partition coefficient (Wildman–Crippen LogP) is 3.79. The number of benzene rings is 2. The summed E-state index contributed by atoms with van der Waals surface area (Å²) in [6.07, 6.45) is 5.39. The highest BCUT2D eigenvalue weighted by Crippen LogP contribution is 2.40. The lowest BCUT2D eigenvalue weighted by atomic mass is 9.85. The lowest BCUT2D eigenvalue weighted by Gasteiger charge is -2.43. The van der Waals surface area contributed by atoms with E-state index in [0.717, 1.165) is 42.6 Å². The second-order valence-electron chi connectivity index (χ2n) is 10.2. The molecule has 35 heavy (non-hydrogen) atoms. The maximum atomic E-state index is 13.8. The van der Waals surface area contributed by atoms with Crippen LogP contribution in [-0.4, -0.2) is 59.4 Å². The first kappa shape index (κ1) is 23.4. The Balaban J connectivity index is 1.32. The first-order valence-corrected chi connectivity index (χ1v) is 12.7. The number of carbonyl (C=O) groups excluding carboxylic acids is 3. The third-order valence-electron chi connectivity index (χ3n) is 7.86. The summed E-state index contributed by atoms with van der Waals surface area (Å²) >= 11 is 0. The number of hydrogen-bond donors (Lipinski definition) is 1. The summed E-state index contributed by atoms with van der Waals surface area (Å²) in [6.45, 7) is 3.52. The SMILES string of the molecule is Cc1ccc(NC(=O)CN2CN(c3ccccc3)C3(CCN(C(=O)C4CCCC4)CC3)C2=O)cc1. The molecule has 0 bridgehead atoms. The van der Waals surface area contributed by atoms with Crippen molar-refractivity contribution in [2.45, 2.75) is 51.0 Å². The molecule has 184 valence electrons. The molecule has 1 spiro atoms. The van der Waals surface area contributed by atoms with Crippen LogP contribution in [0.1, 0.15) is 44.1 Å². The summed E-state index contributed by atoms with van der Waals surface area (Å²) in [4.78, 5) is 45.4. The number of para-hydroxylation sites is 1. The average molecular weight is 475 g/mol. The van der Waals surface area contributed by atoms with Gasteiger partial charge in [-0.25, -0.2) is 0 Å². The molecular formula is C28H34N4O3. The van der Waals surface area contributed by atoms with Gasteiger partial charge in [0.1, 0.15) is 12.1 Å². The molecule has 0 atom stereocenters. The minimum Gasteiger partial charge on any atom is -0.342 e. The molecule has 3 fully saturated rings. The molecule has 7 nitrogen and oxygen atoms in total. The minimum absolute atomic E-state index is 0.00249. The molecule has 3 amide bonds. The standard InChI is InChI=1S/C28H34N4O3/c1-21-11-13-23(14-12-21)29-25(33)19-31-20-32(24-9-3-2-4-10-24)28(27(31)35)15-17-30(18-16-28)26(34)22-7-5-6-8-22/h2-4,9-14,22H,5-8,15-20H2,1H3,(H,29,33). The summed E-state index contributed by atoms with van der Waals surface area (Å²) in [5.74, 6) is 0.174. The van der Waals surface area contributed by atoms with Crippen molar-refractivity contribution in [3.05, 3.63) is 60.2 Å². The van der Waals surface area contributed by atoms with Crippen LogP contribution in [0.15, 0.2) is 54.6 Å². The van der Waals surface area contributed by atoms with Crippen molar-refractivity contribution < 1.29 is 14.4 Å².